The van der Waals surface area contributed by atoms with Crippen molar-refractivity contribution in [2.45, 2.75) is 39.8 Å². The smallest absolute Gasteiger partial charge is 0.161 e. The van der Waals surface area contributed by atoms with Crippen LogP contribution in [0.2, 0.25) is 0 Å². The standard InChI is InChI=1S/C21H29NO3/c1-5-6-11-25-20-10-8-18(13-21(20)24-4)15-22-14-17-7-9-19(23-3)16(2)12-17/h7-10,12-13,22H,5-6,11,14-15H2,1-4H3. The quantitative estimate of drug-likeness (QED) is 0.646. The maximum atomic E-state index is 5.77. The monoisotopic (exact) mass is 343 g/mol. The summed E-state index contributed by atoms with van der Waals surface area (Å²) in [4.78, 5) is 0. The lowest BCUT2D eigenvalue weighted by atomic mass is 10.1. The van der Waals surface area contributed by atoms with Gasteiger partial charge in [0.05, 0.1) is 20.8 Å². The molecule has 2 aromatic rings. The number of nitrogens with one attached hydrogen (secondary N) is 1. The number of hydrogen-bond donors (Lipinski definition) is 1. The zero-order valence-corrected chi connectivity index (χ0v) is 15.7. The molecule has 4 nitrogen and oxygen atoms in total. The van der Waals surface area contributed by atoms with E-state index in [0.717, 1.165) is 55.4 Å². The molecule has 0 amide bonds. The highest BCUT2D eigenvalue weighted by molar-refractivity contribution is 5.43. The third-order valence-corrected chi connectivity index (χ3v) is 4.10. The molecule has 4 heteroatoms. The van der Waals surface area contributed by atoms with Crippen molar-refractivity contribution < 1.29 is 14.2 Å². The van der Waals surface area contributed by atoms with Crippen LogP contribution >= 0.6 is 0 Å². The van der Waals surface area contributed by atoms with Crippen molar-refractivity contribution >= 4 is 0 Å². The molecular formula is C21H29NO3. The van der Waals surface area contributed by atoms with E-state index in [9.17, 15) is 0 Å². The van der Waals surface area contributed by atoms with Gasteiger partial charge in [0.1, 0.15) is 5.75 Å². The molecule has 0 aromatic heterocycles. The summed E-state index contributed by atoms with van der Waals surface area (Å²) < 4.78 is 16.5. The largest absolute Gasteiger partial charge is 0.496 e. The number of unbranched alkanes of at least 4 members (excludes halogenated alkanes) is 1. The van der Waals surface area contributed by atoms with Gasteiger partial charge in [0, 0.05) is 13.1 Å². The van der Waals surface area contributed by atoms with Crippen LogP contribution in [0.3, 0.4) is 0 Å². The predicted molar refractivity (Wildman–Crippen MR) is 102 cm³/mol. The topological polar surface area (TPSA) is 39.7 Å². The van der Waals surface area contributed by atoms with Gasteiger partial charge in [-0.25, -0.2) is 0 Å². The number of ether oxygens (including phenoxy) is 3. The summed E-state index contributed by atoms with van der Waals surface area (Å²) in [5.74, 6) is 2.52. The van der Waals surface area contributed by atoms with Crippen LogP contribution in [0.5, 0.6) is 17.2 Å². The Morgan fingerprint density at radius 2 is 1.48 bits per heavy atom. The highest BCUT2D eigenvalue weighted by atomic mass is 16.5. The van der Waals surface area contributed by atoms with Crippen LogP contribution in [0.4, 0.5) is 0 Å². The maximum Gasteiger partial charge on any atom is 0.161 e. The van der Waals surface area contributed by atoms with E-state index in [1.807, 2.05) is 18.2 Å². The van der Waals surface area contributed by atoms with Gasteiger partial charge in [-0.2, -0.15) is 0 Å². The van der Waals surface area contributed by atoms with Crippen molar-refractivity contribution in [1.29, 1.82) is 0 Å². The van der Waals surface area contributed by atoms with Crippen molar-refractivity contribution in [3.63, 3.8) is 0 Å². The van der Waals surface area contributed by atoms with Gasteiger partial charge in [-0.05, 0) is 48.2 Å². The van der Waals surface area contributed by atoms with Crippen LogP contribution in [0.25, 0.3) is 0 Å². The normalized spacial score (nSPS) is 10.6. The minimum atomic E-state index is 0.723. The molecule has 0 atom stereocenters. The number of hydrogen-bond acceptors (Lipinski definition) is 4. The van der Waals surface area contributed by atoms with Crippen LogP contribution in [-0.2, 0) is 13.1 Å². The van der Waals surface area contributed by atoms with E-state index in [-0.39, 0.29) is 0 Å². The summed E-state index contributed by atoms with van der Waals surface area (Å²) in [5.41, 5.74) is 3.56. The molecule has 0 bridgehead atoms. The van der Waals surface area contributed by atoms with Gasteiger partial charge in [0.15, 0.2) is 11.5 Å². The molecule has 1 N–H and O–H groups in total. The van der Waals surface area contributed by atoms with Gasteiger partial charge >= 0.3 is 0 Å². The minimum Gasteiger partial charge on any atom is -0.496 e. The zero-order valence-electron chi connectivity index (χ0n) is 15.7. The molecule has 0 aliphatic carbocycles. The van der Waals surface area contributed by atoms with Gasteiger partial charge < -0.3 is 19.5 Å². The second-order valence-electron chi connectivity index (χ2n) is 6.09. The molecule has 0 unspecified atom stereocenters. The Morgan fingerprint density at radius 1 is 0.840 bits per heavy atom. The first kappa shape index (κ1) is 19.1. The second kappa shape index (κ2) is 9.94. The summed E-state index contributed by atoms with van der Waals surface area (Å²) in [7, 11) is 3.38. The Labute approximate surface area is 151 Å². The molecule has 0 aliphatic heterocycles. The molecule has 0 spiro atoms. The van der Waals surface area contributed by atoms with E-state index in [0.29, 0.717) is 0 Å². The average molecular weight is 343 g/mol. The third kappa shape index (κ3) is 5.68. The number of benzene rings is 2. The molecular weight excluding hydrogens is 314 g/mol. The minimum absolute atomic E-state index is 0.723. The van der Waals surface area contributed by atoms with Crippen molar-refractivity contribution in [2.24, 2.45) is 0 Å². The van der Waals surface area contributed by atoms with Gasteiger partial charge in [-0.3, -0.25) is 0 Å². The molecule has 0 heterocycles. The van der Waals surface area contributed by atoms with Crippen LogP contribution in [-0.4, -0.2) is 20.8 Å². The molecule has 0 saturated carbocycles. The second-order valence-corrected chi connectivity index (χ2v) is 6.09. The summed E-state index contributed by atoms with van der Waals surface area (Å²) in [5, 5.41) is 3.47. The summed E-state index contributed by atoms with van der Waals surface area (Å²) in [6, 6.07) is 12.4. The molecule has 2 aromatic carbocycles. The molecule has 0 fully saturated rings. The Morgan fingerprint density at radius 3 is 2.08 bits per heavy atom. The summed E-state index contributed by atoms with van der Waals surface area (Å²) in [6.45, 7) is 6.52. The first-order chi connectivity index (χ1) is 12.2. The molecule has 25 heavy (non-hydrogen) atoms. The fourth-order valence-electron chi connectivity index (χ4n) is 2.67. The number of aryl methyl sites for hydroxylation is 1. The van der Waals surface area contributed by atoms with Crippen LogP contribution in [0, 0.1) is 6.92 Å². The average Bonchev–Trinajstić information content (AvgIpc) is 2.63. The fraction of sp³-hybridized carbons (Fsp3) is 0.429. The maximum absolute atomic E-state index is 5.77. The molecule has 136 valence electrons. The Hall–Kier alpha value is -2.20. The first-order valence-corrected chi connectivity index (χ1v) is 8.81. The molecule has 2 rings (SSSR count). The Balaban J connectivity index is 1.91. The number of methoxy groups -OCH3 is 2. The van der Waals surface area contributed by atoms with E-state index < -0.39 is 0 Å². The molecule has 0 saturated heterocycles. The summed E-state index contributed by atoms with van der Waals surface area (Å²) >= 11 is 0. The predicted octanol–water partition coefficient (Wildman–Crippen LogP) is 4.48. The van der Waals surface area contributed by atoms with E-state index in [1.165, 1.54) is 11.1 Å². The lowest BCUT2D eigenvalue weighted by molar-refractivity contribution is 0.288. The highest BCUT2D eigenvalue weighted by Crippen LogP contribution is 2.28. The van der Waals surface area contributed by atoms with E-state index in [1.54, 1.807) is 14.2 Å². The lowest BCUT2D eigenvalue weighted by Gasteiger charge is -2.13. The fourth-order valence-corrected chi connectivity index (χ4v) is 2.67. The molecule has 0 aliphatic rings. The van der Waals surface area contributed by atoms with E-state index >= 15 is 0 Å². The van der Waals surface area contributed by atoms with Crippen LogP contribution in [0.1, 0.15) is 36.5 Å². The van der Waals surface area contributed by atoms with Gasteiger partial charge in [-0.15, -0.1) is 0 Å². The van der Waals surface area contributed by atoms with Crippen molar-refractivity contribution in [2.75, 3.05) is 20.8 Å². The SMILES string of the molecule is CCCCOc1ccc(CNCc2ccc(OC)c(C)c2)cc1OC. The van der Waals surface area contributed by atoms with Crippen LogP contribution in [0.15, 0.2) is 36.4 Å². The van der Waals surface area contributed by atoms with Gasteiger partial charge in [-0.1, -0.05) is 31.5 Å². The third-order valence-electron chi connectivity index (χ3n) is 4.10. The summed E-state index contributed by atoms with van der Waals surface area (Å²) in [6.07, 6.45) is 2.17. The van der Waals surface area contributed by atoms with Crippen molar-refractivity contribution in [3.8, 4) is 17.2 Å². The highest BCUT2D eigenvalue weighted by Gasteiger charge is 2.06. The van der Waals surface area contributed by atoms with Gasteiger partial charge in [0.2, 0.25) is 0 Å². The molecule has 0 radical (unpaired) electrons. The lowest BCUT2D eigenvalue weighted by Crippen LogP contribution is -2.13. The van der Waals surface area contributed by atoms with E-state index in [2.05, 4.69) is 37.4 Å². The van der Waals surface area contributed by atoms with Crippen molar-refractivity contribution in [3.05, 3.63) is 53.1 Å². The Bertz CT molecular complexity index is 670. The van der Waals surface area contributed by atoms with Crippen molar-refractivity contribution in [1.82, 2.24) is 5.32 Å². The first-order valence-electron chi connectivity index (χ1n) is 8.81. The van der Waals surface area contributed by atoms with E-state index in [4.69, 9.17) is 14.2 Å². The number of rotatable bonds is 10. The Kier molecular flexibility index (Phi) is 7.61. The van der Waals surface area contributed by atoms with Gasteiger partial charge in [0.25, 0.3) is 0 Å². The zero-order chi connectivity index (χ0) is 18.1. The van der Waals surface area contributed by atoms with Crippen LogP contribution < -0.4 is 19.5 Å².